The van der Waals surface area contributed by atoms with Crippen LogP contribution in [0.1, 0.15) is 50.5 Å². The maximum Gasteiger partial charge on any atom is 0.408 e. The van der Waals surface area contributed by atoms with Crippen molar-refractivity contribution in [3.8, 4) is 0 Å². The van der Waals surface area contributed by atoms with Gasteiger partial charge in [-0.3, -0.25) is 9.59 Å². The summed E-state index contributed by atoms with van der Waals surface area (Å²) in [5.74, 6) is -0.865. The smallest absolute Gasteiger partial charge is 0.408 e. The first-order valence-electron chi connectivity index (χ1n) is 10.2. The molecule has 0 aliphatic carbocycles. The number of aryl methyl sites for hydroxylation is 1. The van der Waals surface area contributed by atoms with Crippen LogP contribution in [0, 0.1) is 18.7 Å². The van der Waals surface area contributed by atoms with Gasteiger partial charge in [0.05, 0.1) is 0 Å². The number of alkyl carbamates (subject to hydrolysis) is 1. The molecule has 2 rings (SSSR count). The highest BCUT2D eigenvalue weighted by Crippen LogP contribution is 2.16. The summed E-state index contributed by atoms with van der Waals surface area (Å²) in [6.07, 6.45) is -0.629. The average Bonchev–Trinajstić information content (AvgIpc) is 2.63. The fraction of sp³-hybridized carbons (Fsp3) is 0.591. The van der Waals surface area contributed by atoms with Gasteiger partial charge in [0, 0.05) is 31.7 Å². The molecule has 1 fully saturated rings. The Balaban J connectivity index is 1.99. The second-order valence-electron chi connectivity index (χ2n) is 8.94. The topological polar surface area (TPSA) is 79.0 Å². The highest BCUT2D eigenvalue weighted by molar-refractivity contribution is 5.96. The zero-order valence-corrected chi connectivity index (χ0v) is 18.6. The van der Waals surface area contributed by atoms with Gasteiger partial charge in [-0.15, -0.1) is 0 Å². The Morgan fingerprint density at radius 2 is 1.63 bits per heavy atom. The molecule has 8 heteroatoms. The molecule has 7 nitrogen and oxygen atoms in total. The predicted molar refractivity (Wildman–Crippen MR) is 112 cm³/mol. The number of hydrogen-bond acceptors (Lipinski definition) is 4. The van der Waals surface area contributed by atoms with Gasteiger partial charge in [0.2, 0.25) is 5.91 Å². The van der Waals surface area contributed by atoms with Crippen molar-refractivity contribution in [3.05, 3.63) is 35.1 Å². The van der Waals surface area contributed by atoms with Crippen molar-refractivity contribution in [2.45, 2.75) is 53.2 Å². The van der Waals surface area contributed by atoms with Crippen molar-refractivity contribution in [2.75, 3.05) is 26.2 Å². The van der Waals surface area contributed by atoms with Gasteiger partial charge in [-0.1, -0.05) is 13.8 Å². The zero-order valence-electron chi connectivity index (χ0n) is 18.6. The lowest BCUT2D eigenvalue weighted by Crippen LogP contribution is -2.57. The van der Waals surface area contributed by atoms with E-state index in [1.165, 1.54) is 18.2 Å². The van der Waals surface area contributed by atoms with E-state index >= 15 is 0 Å². The van der Waals surface area contributed by atoms with Crippen LogP contribution >= 0.6 is 0 Å². The predicted octanol–water partition coefficient (Wildman–Crippen LogP) is 2.97. The lowest BCUT2D eigenvalue weighted by Gasteiger charge is -2.37. The molecule has 1 aromatic rings. The molecular formula is C22H32FN3O4. The van der Waals surface area contributed by atoms with E-state index in [4.69, 9.17) is 4.74 Å². The molecule has 1 saturated heterocycles. The first kappa shape index (κ1) is 23.6. The number of ether oxygens (including phenoxy) is 1. The van der Waals surface area contributed by atoms with E-state index in [-0.39, 0.29) is 23.5 Å². The molecule has 1 N–H and O–H groups in total. The third-order valence-corrected chi connectivity index (χ3v) is 4.90. The highest BCUT2D eigenvalue weighted by atomic mass is 19.1. The van der Waals surface area contributed by atoms with Gasteiger partial charge < -0.3 is 19.9 Å². The van der Waals surface area contributed by atoms with Crippen LogP contribution in [0.25, 0.3) is 0 Å². The SMILES string of the molecule is Cc1cc(F)ccc1C(=O)N1CCN(C(=O)[C@@H](NC(=O)OC(C)(C)C)C(C)C)CC1. The minimum atomic E-state index is -0.707. The zero-order chi connectivity index (χ0) is 22.6. The second kappa shape index (κ2) is 9.45. The monoisotopic (exact) mass is 421 g/mol. The van der Waals surface area contributed by atoms with Crippen molar-refractivity contribution >= 4 is 17.9 Å². The third-order valence-electron chi connectivity index (χ3n) is 4.90. The fourth-order valence-electron chi connectivity index (χ4n) is 3.31. The number of nitrogens with one attached hydrogen (secondary N) is 1. The standard InChI is InChI=1S/C22H32FN3O4/c1-14(2)18(24-21(29)30-22(4,5)6)20(28)26-11-9-25(10-12-26)19(27)17-8-7-16(23)13-15(17)3/h7-8,13-14,18H,9-12H2,1-6H3,(H,24,29)/t18-/m0/s1. The van der Waals surface area contributed by atoms with Crippen LogP contribution in [0.2, 0.25) is 0 Å². The summed E-state index contributed by atoms with van der Waals surface area (Å²) >= 11 is 0. The van der Waals surface area contributed by atoms with E-state index in [1.807, 2.05) is 13.8 Å². The Labute approximate surface area is 177 Å². The normalized spacial score (nSPS) is 15.7. The van der Waals surface area contributed by atoms with E-state index in [0.29, 0.717) is 37.3 Å². The minimum Gasteiger partial charge on any atom is -0.444 e. The van der Waals surface area contributed by atoms with E-state index in [1.54, 1.807) is 37.5 Å². The second-order valence-corrected chi connectivity index (χ2v) is 8.94. The lowest BCUT2D eigenvalue weighted by molar-refractivity contribution is -0.136. The molecular weight excluding hydrogens is 389 g/mol. The third kappa shape index (κ3) is 6.18. The number of benzene rings is 1. The van der Waals surface area contributed by atoms with Crippen molar-refractivity contribution < 1.29 is 23.5 Å². The van der Waals surface area contributed by atoms with Crippen molar-refractivity contribution in [2.24, 2.45) is 5.92 Å². The van der Waals surface area contributed by atoms with Crippen LogP contribution in [0.3, 0.4) is 0 Å². The molecule has 0 saturated carbocycles. The Morgan fingerprint density at radius 1 is 1.07 bits per heavy atom. The molecule has 0 aromatic heterocycles. The number of carbonyl (C=O) groups is 3. The van der Waals surface area contributed by atoms with Gasteiger partial charge >= 0.3 is 6.09 Å². The molecule has 1 heterocycles. The molecule has 1 atom stereocenters. The van der Waals surface area contributed by atoms with Gasteiger partial charge in [-0.2, -0.15) is 0 Å². The van der Waals surface area contributed by atoms with Crippen molar-refractivity contribution in [1.29, 1.82) is 0 Å². The maximum atomic E-state index is 13.3. The van der Waals surface area contributed by atoms with Crippen LogP contribution in [-0.4, -0.2) is 65.5 Å². The molecule has 0 unspecified atom stereocenters. The summed E-state index contributed by atoms with van der Waals surface area (Å²) in [4.78, 5) is 41.2. The quantitative estimate of drug-likeness (QED) is 0.811. The molecule has 166 valence electrons. The van der Waals surface area contributed by atoms with Gasteiger partial charge in [-0.05, 0) is 57.4 Å². The number of rotatable bonds is 4. The van der Waals surface area contributed by atoms with Crippen LogP contribution < -0.4 is 5.32 Å². The summed E-state index contributed by atoms with van der Waals surface area (Å²) in [7, 11) is 0. The largest absolute Gasteiger partial charge is 0.444 e. The maximum absolute atomic E-state index is 13.3. The number of hydrogen-bond donors (Lipinski definition) is 1. The number of nitrogens with zero attached hydrogens (tertiary/aromatic N) is 2. The molecule has 1 aromatic carbocycles. The number of halogens is 1. The molecule has 30 heavy (non-hydrogen) atoms. The van der Waals surface area contributed by atoms with Gasteiger partial charge in [-0.25, -0.2) is 9.18 Å². The number of piperazine rings is 1. The minimum absolute atomic E-state index is 0.119. The molecule has 3 amide bonds. The van der Waals surface area contributed by atoms with E-state index < -0.39 is 17.7 Å². The van der Waals surface area contributed by atoms with Crippen LogP contribution in [0.4, 0.5) is 9.18 Å². The van der Waals surface area contributed by atoms with E-state index in [2.05, 4.69) is 5.32 Å². The Morgan fingerprint density at radius 3 is 2.13 bits per heavy atom. The van der Waals surface area contributed by atoms with Gasteiger partial charge in [0.1, 0.15) is 17.5 Å². The summed E-state index contributed by atoms with van der Waals surface area (Å²) in [5, 5.41) is 2.67. The van der Waals surface area contributed by atoms with E-state index in [0.717, 1.165) is 0 Å². The summed E-state index contributed by atoms with van der Waals surface area (Å²) in [6, 6.07) is 3.39. The summed E-state index contributed by atoms with van der Waals surface area (Å²) in [5.41, 5.74) is 0.391. The molecule has 0 spiro atoms. The fourth-order valence-corrected chi connectivity index (χ4v) is 3.31. The highest BCUT2D eigenvalue weighted by Gasteiger charge is 2.33. The number of carbonyl (C=O) groups excluding carboxylic acids is 3. The van der Waals surface area contributed by atoms with Gasteiger partial charge in [0.15, 0.2) is 0 Å². The summed E-state index contributed by atoms with van der Waals surface area (Å²) in [6.45, 7) is 12.2. The molecule has 1 aliphatic heterocycles. The van der Waals surface area contributed by atoms with E-state index in [9.17, 15) is 18.8 Å². The Bertz CT molecular complexity index is 796. The van der Waals surface area contributed by atoms with Gasteiger partial charge in [0.25, 0.3) is 5.91 Å². The van der Waals surface area contributed by atoms with Crippen LogP contribution in [0.15, 0.2) is 18.2 Å². The van der Waals surface area contributed by atoms with Crippen molar-refractivity contribution in [1.82, 2.24) is 15.1 Å². The van der Waals surface area contributed by atoms with Crippen LogP contribution in [0.5, 0.6) is 0 Å². The average molecular weight is 422 g/mol. The number of amides is 3. The van der Waals surface area contributed by atoms with Crippen LogP contribution in [-0.2, 0) is 9.53 Å². The summed E-state index contributed by atoms with van der Waals surface area (Å²) < 4.78 is 18.6. The lowest BCUT2D eigenvalue weighted by atomic mass is 10.0. The Kier molecular flexibility index (Phi) is 7.44. The van der Waals surface area contributed by atoms with Crippen molar-refractivity contribution in [3.63, 3.8) is 0 Å². The first-order valence-corrected chi connectivity index (χ1v) is 10.2. The molecule has 0 bridgehead atoms. The molecule has 1 aliphatic rings. The molecule has 0 radical (unpaired) electrons. The Hall–Kier alpha value is -2.64. The first-order chi connectivity index (χ1) is 13.9.